The Balaban J connectivity index is 2.34. The van der Waals surface area contributed by atoms with Gasteiger partial charge in [0.25, 0.3) is 0 Å². The summed E-state index contributed by atoms with van der Waals surface area (Å²) in [6.45, 7) is 4.51. The molecule has 2 nitrogen and oxygen atoms in total. The highest BCUT2D eigenvalue weighted by atomic mass is 35.5. The van der Waals surface area contributed by atoms with E-state index in [0.717, 1.165) is 11.4 Å². The van der Waals surface area contributed by atoms with Crippen molar-refractivity contribution in [1.82, 2.24) is 0 Å². The number of benzene rings is 1. The van der Waals surface area contributed by atoms with Crippen LogP contribution >= 0.6 is 11.6 Å². The molecule has 2 rings (SSSR count). The third kappa shape index (κ3) is 1.99. The summed E-state index contributed by atoms with van der Waals surface area (Å²) in [5.74, 6) is 0. The van der Waals surface area contributed by atoms with Gasteiger partial charge in [0.05, 0.1) is 11.4 Å². The topological polar surface area (TPSA) is 29.3 Å². The third-order valence-electron chi connectivity index (χ3n) is 3.52. The number of nitrogen functional groups attached to an aromatic ring is 1. The monoisotopic (exact) mass is 238 g/mol. The van der Waals surface area contributed by atoms with E-state index in [-0.39, 0.29) is 0 Å². The van der Waals surface area contributed by atoms with Crippen LogP contribution in [0.4, 0.5) is 11.4 Å². The highest BCUT2D eigenvalue weighted by Crippen LogP contribution is 2.36. The van der Waals surface area contributed by atoms with E-state index in [1.165, 1.54) is 19.3 Å². The van der Waals surface area contributed by atoms with E-state index < -0.39 is 0 Å². The van der Waals surface area contributed by atoms with Gasteiger partial charge in [-0.1, -0.05) is 18.5 Å². The summed E-state index contributed by atoms with van der Waals surface area (Å²) in [4.78, 5) is 2.45. The van der Waals surface area contributed by atoms with Crippen LogP contribution in [0, 0.1) is 0 Å². The Labute approximate surface area is 102 Å². The largest absolute Gasteiger partial charge is 0.397 e. The van der Waals surface area contributed by atoms with Crippen LogP contribution in [0.1, 0.15) is 33.1 Å². The van der Waals surface area contributed by atoms with Gasteiger partial charge in [-0.05, 0) is 44.4 Å². The van der Waals surface area contributed by atoms with Crippen molar-refractivity contribution in [2.45, 2.75) is 45.2 Å². The molecule has 0 saturated carbocycles. The first-order valence-corrected chi connectivity index (χ1v) is 6.34. The molecule has 0 radical (unpaired) electrons. The minimum absolute atomic E-state index is 0.577. The molecule has 3 heteroatoms. The van der Waals surface area contributed by atoms with Crippen LogP contribution < -0.4 is 10.6 Å². The molecule has 0 spiro atoms. The predicted molar refractivity (Wildman–Crippen MR) is 71.1 cm³/mol. The van der Waals surface area contributed by atoms with Crippen LogP contribution in [-0.4, -0.2) is 12.1 Å². The van der Waals surface area contributed by atoms with Gasteiger partial charge >= 0.3 is 0 Å². The summed E-state index contributed by atoms with van der Waals surface area (Å²) < 4.78 is 0. The van der Waals surface area contributed by atoms with E-state index in [1.54, 1.807) is 0 Å². The number of hydrogen-bond acceptors (Lipinski definition) is 2. The Hall–Kier alpha value is -0.890. The smallest absolute Gasteiger partial charge is 0.0605 e. The molecule has 1 saturated heterocycles. The fraction of sp³-hybridized carbons (Fsp3) is 0.538. The molecule has 1 aromatic rings. The van der Waals surface area contributed by atoms with Crippen molar-refractivity contribution in [1.29, 1.82) is 0 Å². The highest BCUT2D eigenvalue weighted by molar-refractivity contribution is 6.31. The van der Waals surface area contributed by atoms with E-state index in [4.69, 9.17) is 17.3 Å². The molecular weight excluding hydrogens is 220 g/mol. The molecule has 0 bridgehead atoms. The Morgan fingerprint density at radius 1 is 1.44 bits per heavy atom. The van der Waals surface area contributed by atoms with Crippen molar-refractivity contribution >= 4 is 23.0 Å². The number of halogens is 1. The zero-order valence-corrected chi connectivity index (χ0v) is 10.7. The number of anilines is 2. The molecular formula is C13H19ClN2. The van der Waals surface area contributed by atoms with E-state index in [0.29, 0.717) is 17.1 Å². The molecule has 0 aliphatic carbocycles. The number of rotatable bonds is 2. The van der Waals surface area contributed by atoms with Crippen molar-refractivity contribution in [2.75, 3.05) is 10.6 Å². The van der Waals surface area contributed by atoms with Crippen LogP contribution in [0.5, 0.6) is 0 Å². The fourth-order valence-corrected chi connectivity index (χ4v) is 2.85. The molecule has 2 N–H and O–H groups in total. The van der Waals surface area contributed by atoms with E-state index in [9.17, 15) is 0 Å². The lowest BCUT2D eigenvalue weighted by molar-refractivity contribution is 0.629. The molecule has 2 atom stereocenters. The van der Waals surface area contributed by atoms with Crippen molar-refractivity contribution in [3.05, 3.63) is 23.2 Å². The van der Waals surface area contributed by atoms with Gasteiger partial charge in [0.1, 0.15) is 0 Å². The van der Waals surface area contributed by atoms with Crippen LogP contribution in [0.3, 0.4) is 0 Å². The quantitative estimate of drug-likeness (QED) is 0.797. The minimum atomic E-state index is 0.577. The lowest BCUT2D eigenvalue weighted by atomic mass is 10.1. The van der Waals surface area contributed by atoms with Gasteiger partial charge in [-0.25, -0.2) is 0 Å². The van der Waals surface area contributed by atoms with Crippen LogP contribution in [0.25, 0.3) is 0 Å². The van der Waals surface area contributed by atoms with Crippen LogP contribution in [0.15, 0.2) is 18.2 Å². The normalized spacial score (nSPS) is 25.1. The lowest BCUT2D eigenvalue weighted by Gasteiger charge is -2.31. The zero-order chi connectivity index (χ0) is 11.7. The molecule has 1 aromatic carbocycles. The SMILES string of the molecule is CCC1CCC(C)N1c1ccc(Cl)cc1N. The molecule has 1 aliphatic heterocycles. The van der Waals surface area contributed by atoms with Gasteiger partial charge in [-0.15, -0.1) is 0 Å². The van der Waals surface area contributed by atoms with Gasteiger partial charge in [0.15, 0.2) is 0 Å². The first-order valence-electron chi connectivity index (χ1n) is 5.96. The summed E-state index contributed by atoms with van der Waals surface area (Å²) in [6, 6.07) is 7.01. The molecule has 0 aromatic heterocycles. The summed E-state index contributed by atoms with van der Waals surface area (Å²) in [7, 11) is 0. The van der Waals surface area contributed by atoms with Gasteiger partial charge < -0.3 is 10.6 Å². The Morgan fingerprint density at radius 2 is 2.19 bits per heavy atom. The number of nitrogens with two attached hydrogens (primary N) is 1. The van der Waals surface area contributed by atoms with Gasteiger partial charge in [0.2, 0.25) is 0 Å². The first-order chi connectivity index (χ1) is 7.63. The maximum Gasteiger partial charge on any atom is 0.0605 e. The summed E-state index contributed by atoms with van der Waals surface area (Å²) in [6.07, 6.45) is 3.69. The van der Waals surface area contributed by atoms with Gasteiger partial charge in [-0.3, -0.25) is 0 Å². The lowest BCUT2D eigenvalue weighted by Crippen LogP contribution is -2.34. The third-order valence-corrected chi connectivity index (χ3v) is 3.76. The maximum absolute atomic E-state index is 6.05. The average molecular weight is 239 g/mol. The molecule has 0 amide bonds. The van der Waals surface area contributed by atoms with Gasteiger partial charge in [-0.2, -0.15) is 0 Å². The summed E-state index contributed by atoms with van der Waals surface area (Å²) in [5, 5.41) is 0.709. The Bertz CT molecular complexity index is 378. The Kier molecular flexibility index (Phi) is 3.29. The number of nitrogens with zero attached hydrogens (tertiary/aromatic N) is 1. The second-order valence-corrected chi connectivity index (χ2v) is 5.04. The minimum Gasteiger partial charge on any atom is -0.397 e. The molecule has 88 valence electrons. The summed E-state index contributed by atoms with van der Waals surface area (Å²) in [5.41, 5.74) is 7.99. The number of hydrogen-bond donors (Lipinski definition) is 1. The second kappa shape index (κ2) is 4.54. The molecule has 1 heterocycles. The second-order valence-electron chi connectivity index (χ2n) is 4.60. The molecule has 2 unspecified atom stereocenters. The van der Waals surface area contributed by atoms with Crippen molar-refractivity contribution in [3.63, 3.8) is 0 Å². The highest BCUT2D eigenvalue weighted by Gasteiger charge is 2.30. The van der Waals surface area contributed by atoms with Gasteiger partial charge in [0, 0.05) is 17.1 Å². The van der Waals surface area contributed by atoms with E-state index in [2.05, 4.69) is 18.7 Å². The average Bonchev–Trinajstić information content (AvgIpc) is 2.60. The maximum atomic E-state index is 6.05. The van der Waals surface area contributed by atoms with Crippen LogP contribution in [-0.2, 0) is 0 Å². The summed E-state index contributed by atoms with van der Waals surface area (Å²) >= 11 is 5.93. The van der Waals surface area contributed by atoms with Crippen LogP contribution in [0.2, 0.25) is 5.02 Å². The van der Waals surface area contributed by atoms with E-state index >= 15 is 0 Å². The predicted octanol–water partition coefficient (Wildman–Crippen LogP) is 3.69. The first kappa shape index (κ1) is 11.6. The zero-order valence-electron chi connectivity index (χ0n) is 9.91. The van der Waals surface area contributed by atoms with Crippen molar-refractivity contribution < 1.29 is 0 Å². The molecule has 1 aliphatic rings. The van der Waals surface area contributed by atoms with Crippen molar-refractivity contribution in [3.8, 4) is 0 Å². The molecule has 1 fully saturated rings. The Morgan fingerprint density at radius 3 is 2.81 bits per heavy atom. The fourth-order valence-electron chi connectivity index (χ4n) is 2.67. The molecule has 16 heavy (non-hydrogen) atoms. The van der Waals surface area contributed by atoms with E-state index in [1.807, 2.05) is 18.2 Å². The van der Waals surface area contributed by atoms with Crippen molar-refractivity contribution in [2.24, 2.45) is 0 Å². The standard InChI is InChI=1S/C13H19ClN2/c1-3-11-6-4-9(2)16(11)13-7-5-10(14)8-12(13)15/h5,7-9,11H,3-4,6,15H2,1-2H3.